The Bertz CT molecular complexity index is 739. The Morgan fingerprint density at radius 2 is 2.19 bits per heavy atom. The van der Waals surface area contributed by atoms with E-state index in [1.54, 1.807) is 11.4 Å². The summed E-state index contributed by atoms with van der Waals surface area (Å²) in [5.41, 5.74) is 0.835. The normalized spacial score (nSPS) is 12.5. The van der Waals surface area contributed by atoms with Crippen molar-refractivity contribution in [1.29, 1.82) is 0 Å². The SMILES string of the molecule is CCOC(=O)C(c1ccc(Br)cc1)c1nn2cnnc2s1. The Kier molecular flexibility index (Phi) is 3.98. The Morgan fingerprint density at radius 3 is 2.86 bits per heavy atom. The van der Waals surface area contributed by atoms with Crippen LogP contribution in [0.5, 0.6) is 0 Å². The van der Waals surface area contributed by atoms with Crippen LogP contribution in [0.1, 0.15) is 23.4 Å². The number of carbonyl (C=O) groups excluding carboxylic acids is 1. The average molecular weight is 367 g/mol. The minimum atomic E-state index is -0.551. The molecule has 108 valence electrons. The molecule has 3 rings (SSSR count). The zero-order valence-corrected chi connectivity index (χ0v) is 13.5. The zero-order chi connectivity index (χ0) is 14.8. The first-order valence-electron chi connectivity index (χ1n) is 6.28. The molecule has 0 spiro atoms. The Balaban J connectivity index is 2.04. The molecule has 0 aliphatic rings. The molecule has 21 heavy (non-hydrogen) atoms. The molecule has 0 amide bonds. The first-order chi connectivity index (χ1) is 10.2. The van der Waals surface area contributed by atoms with Crippen LogP contribution >= 0.6 is 27.3 Å². The minimum absolute atomic E-state index is 0.315. The number of esters is 1. The van der Waals surface area contributed by atoms with Gasteiger partial charge in [0, 0.05) is 4.47 Å². The average Bonchev–Trinajstić information content (AvgIpc) is 3.03. The van der Waals surface area contributed by atoms with Crippen molar-refractivity contribution in [2.75, 3.05) is 6.61 Å². The standard InChI is InChI=1S/C13H11BrN4O2S/c1-2-20-12(19)10(8-3-5-9(14)6-4-8)11-17-18-7-15-16-13(18)21-11/h3-7,10H,2H2,1H3. The van der Waals surface area contributed by atoms with Crippen molar-refractivity contribution in [3.05, 3.63) is 45.6 Å². The number of benzene rings is 1. The molecule has 0 fully saturated rings. The molecule has 6 nitrogen and oxygen atoms in total. The van der Waals surface area contributed by atoms with Crippen molar-refractivity contribution in [2.24, 2.45) is 0 Å². The van der Waals surface area contributed by atoms with Crippen LogP contribution in [0.15, 0.2) is 35.1 Å². The maximum Gasteiger partial charge on any atom is 0.320 e. The second-order valence-corrected chi connectivity index (χ2v) is 6.14. The van der Waals surface area contributed by atoms with Crippen LogP contribution < -0.4 is 0 Å². The lowest BCUT2D eigenvalue weighted by Crippen LogP contribution is -2.17. The molecule has 1 aromatic carbocycles. The predicted molar refractivity (Wildman–Crippen MR) is 81.3 cm³/mol. The third-order valence-corrected chi connectivity index (χ3v) is 4.38. The van der Waals surface area contributed by atoms with E-state index in [2.05, 4.69) is 31.2 Å². The highest BCUT2D eigenvalue weighted by molar-refractivity contribution is 9.10. The highest BCUT2D eigenvalue weighted by Crippen LogP contribution is 2.30. The third-order valence-electron chi connectivity index (χ3n) is 2.88. The molecule has 8 heteroatoms. The van der Waals surface area contributed by atoms with Crippen molar-refractivity contribution in [3.8, 4) is 0 Å². The fourth-order valence-electron chi connectivity index (χ4n) is 1.95. The molecular weight excluding hydrogens is 356 g/mol. The van der Waals surface area contributed by atoms with Crippen LogP contribution in [0.2, 0.25) is 0 Å². The summed E-state index contributed by atoms with van der Waals surface area (Å²) in [6.45, 7) is 2.12. The molecule has 0 radical (unpaired) electrons. The first-order valence-corrected chi connectivity index (χ1v) is 7.89. The number of aromatic nitrogens is 4. The maximum absolute atomic E-state index is 12.3. The third kappa shape index (κ3) is 2.81. The molecule has 0 N–H and O–H groups in total. The van der Waals surface area contributed by atoms with Crippen molar-refractivity contribution >= 4 is 38.2 Å². The highest BCUT2D eigenvalue weighted by atomic mass is 79.9. The highest BCUT2D eigenvalue weighted by Gasteiger charge is 2.28. The van der Waals surface area contributed by atoms with Gasteiger partial charge in [-0.05, 0) is 24.6 Å². The summed E-state index contributed by atoms with van der Waals surface area (Å²) >= 11 is 4.72. The van der Waals surface area contributed by atoms with E-state index in [1.165, 1.54) is 17.7 Å². The van der Waals surface area contributed by atoms with E-state index in [4.69, 9.17) is 4.74 Å². The van der Waals surface area contributed by atoms with Gasteiger partial charge < -0.3 is 4.74 Å². The number of rotatable bonds is 4. The van der Waals surface area contributed by atoms with Crippen molar-refractivity contribution < 1.29 is 9.53 Å². The topological polar surface area (TPSA) is 69.4 Å². The van der Waals surface area contributed by atoms with Crippen LogP contribution in [-0.2, 0) is 9.53 Å². The molecular formula is C13H11BrN4O2S. The second kappa shape index (κ2) is 5.90. The van der Waals surface area contributed by atoms with Crippen LogP contribution in [0.4, 0.5) is 0 Å². The summed E-state index contributed by atoms with van der Waals surface area (Å²) in [4.78, 5) is 13.0. The van der Waals surface area contributed by atoms with Gasteiger partial charge in [0.2, 0.25) is 4.96 Å². The fraction of sp³-hybridized carbons (Fsp3) is 0.231. The van der Waals surface area contributed by atoms with Gasteiger partial charge >= 0.3 is 5.97 Å². The first kappa shape index (κ1) is 14.2. The van der Waals surface area contributed by atoms with Gasteiger partial charge in [-0.2, -0.15) is 9.61 Å². The van der Waals surface area contributed by atoms with E-state index in [0.717, 1.165) is 10.0 Å². The molecule has 0 bridgehead atoms. The number of fused-ring (bicyclic) bond motifs is 1. The number of carbonyl (C=O) groups is 1. The van der Waals surface area contributed by atoms with Gasteiger partial charge in [0.25, 0.3) is 0 Å². The summed E-state index contributed by atoms with van der Waals surface area (Å²) in [6, 6.07) is 7.55. The number of hydrogen-bond donors (Lipinski definition) is 0. The van der Waals surface area contributed by atoms with Crippen LogP contribution in [0.25, 0.3) is 4.96 Å². The Hall–Kier alpha value is -1.80. The monoisotopic (exact) mass is 366 g/mol. The van der Waals surface area contributed by atoms with Crippen LogP contribution in [0.3, 0.4) is 0 Å². The Labute approximate surface area is 132 Å². The van der Waals surface area contributed by atoms with E-state index < -0.39 is 5.92 Å². The summed E-state index contributed by atoms with van der Waals surface area (Å²) in [5, 5.41) is 12.7. The van der Waals surface area contributed by atoms with Crippen LogP contribution in [0, 0.1) is 0 Å². The molecule has 0 saturated heterocycles. The smallest absolute Gasteiger partial charge is 0.320 e. The quantitative estimate of drug-likeness (QED) is 0.663. The molecule has 1 unspecified atom stereocenters. The van der Waals surface area contributed by atoms with Crippen molar-refractivity contribution in [1.82, 2.24) is 19.8 Å². The zero-order valence-electron chi connectivity index (χ0n) is 11.1. The molecule has 3 aromatic rings. The van der Waals surface area contributed by atoms with E-state index in [0.29, 0.717) is 16.6 Å². The second-order valence-electron chi connectivity index (χ2n) is 4.23. The molecule has 2 heterocycles. The number of ether oxygens (including phenoxy) is 1. The van der Waals surface area contributed by atoms with E-state index >= 15 is 0 Å². The fourth-order valence-corrected chi connectivity index (χ4v) is 3.15. The van der Waals surface area contributed by atoms with Gasteiger partial charge in [0.05, 0.1) is 6.61 Å². The molecule has 0 aliphatic carbocycles. The molecule has 0 saturated carbocycles. The number of hydrogen-bond acceptors (Lipinski definition) is 6. The van der Waals surface area contributed by atoms with E-state index in [9.17, 15) is 4.79 Å². The van der Waals surface area contributed by atoms with Gasteiger partial charge in [-0.25, -0.2) is 0 Å². The van der Waals surface area contributed by atoms with Gasteiger partial charge in [-0.1, -0.05) is 39.4 Å². The van der Waals surface area contributed by atoms with E-state index in [1.807, 2.05) is 24.3 Å². The number of nitrogens with zero attached hydrogens (tertiary/aromatic N) is 4. The molecule has 0 aliphatic heterocycles. The maximum atomic E-state index is 12.3. The lowest BCUT2D eigenvalue weighted by molar-refractivity contribution is -0.143. The summed E-state index contributed by atoms with van der Waals surface area (Å²) in [7, 11) is 0. The van der Waals surface area contributed by atoms with Gasteiger partial charge in [-0.3, -0.25) is 4.79 Å². The summed E-state index contributed by atoms with van der Waals surface area (Å²) in [5.74, 6) is -0.866. The minimum Gasteiger partial charge on any atom is -0.465 e. The van der Waals surface area contributed by atoms with Crippen molar-refractivity contribution in [2.45, 2.75) is 12.8 Å². The summed E-state index contributed by atoms with van der Waals surface area (Å²) < 4.78 is 7.70. The lowest BCUT2D eigenvalue weighted by atomic mass is 10.0. The van der Waals surface area contributed by atoms with E-state index in [-0.39, 0.29) is 5.97 Å². The van der Waals surface area contributed by atoms with Gasteiger partial charge in [0.1, 0.15) is 17.3 Å². The van der Waals surface area contributed by atoms with Crippen molar-refractivity contribution in [3.63, 3.8) is 0 Å². The molecule has 1 atom stereocenters. The molecule has 2 aromatic heterocycles. The largest absolute Gasteiger partial charge is 0.465 e. The Morgan fingerprint density at radius 1 is 1.43 bits per heavy atom. The number of halogens is 1. The van der Waals surface area contributed by atoms with Crippen LogP contribution in [-0.4, -0.2) is 32.4 Å². The lowest BCUT2D eigenvalue weighted by Gasteiger charge is -2.13. The van der Waals surface area contributed by atoms with Gasteiger partial charge in [0.15, 0.2) is 0 Å². The van der Waals surface area contributed by atoms with Gasteiger partial charge in [-0.15, -0.1) is 10.2 Å². The summed E-state index contributed by atoms with van der Waals surface area (Å²) in [6.07, 6.45) is 1.51. The predicted octanol–water partition coefficient (Wildman–Crippen LogP) is 2.64.